The molecule has 6 nitrogen and oxygen atoms in total. The van der Waals surface area contributed by atoms with Crippen LogP contribution in [0, 0.1) is 6.92 Å². The number of rotatable bonds is 5. The zero-order valence-electron chi connectivity index (χ0n) is 12.3. The predicted molar refractivity (Wildman–Crippen MR) is 76.8 cm³/mol. The first-order valence-electron chi connectivity index (χ1n) is 6.58. The van der Waals surface area contributed by atoms with E-state index in [1.807, 2.05) is 42.9 Å². The van der Waals surface area contributed by atoms with E-state index in [-0.39, 0.29) is 5.78 Å². The summed E-state index contributed by atoms with van der Waals surface area (Å²) in [4.78, 5) is 21.9. The van der Waals surface area contributed by atoms with E-state index >= 15 is 0 Å². The maximum absolute atomic E-state index is 11.4. The smallest absolute Gasteiger partial charge is 0.225 e. The highest BCUT2D eigenvalue weighted by molar-refractivity contribution is 5.94. The van der Waals surface area contributed by atoms with Gasteiger partial charge in [0.1, 0.15) is 0 Å². The summed E-state index contributed by atoms with van der Waals surface area (Å²) in [5.74, 6) is 0.595. The van der Waals surface area contributed by atoms with Gasteiger partial charge < -0.3 is 4.90 Å². The Hall–Kier alpha value is -2.24. The van der Waals surface area contributed by atoms with Gasteiger partial charge in [-0.1, -0.05) is 0 Å². The summed E-state index contributed by atoms with van der Waals surface area (Å²) in [6.07, 6.45) is 5.44. The molecule has 0 N–H and O–H groups in total. The number of ketones is 1. The lowest BCUT2D eigenvalue weighted by Crippen LogP contribution is -2.20. The largest absolute Gasteiger partial charge is 0.339 e. The van der Waals surface area contributed by atoms with Crippen LogP contribution in [-0.2, 0) is 13.1 Å². The van der Waals surface area contributed by atoms with Gasteiger partial charge in [-0.05, 0) is 20.8 Å². The van der Waals surface area contributed by atoms with Crippen LogP contribution in [0.3, 0.4) is 0 Å². The van der Waals surface area contributed by atoms with Gasteiger partial charge in [0.15, 0.2) is 5.78 Å². The Labute approximate surface area is 118 Å². The van der Waals surface area contributed by atoms with Crippen molar-refractivity contribution in [2.24, 2.45) is 0 Å². The summed E-state index contributed by atoms with van der Waals surface area (Å²) in [7, 11) is 1.92. The van der Waals surface area contributed by atoms with Crippen LogP contribution in [0.25, 0.3) is 0 Å². The molecule has 2 aromatic rings. The molecular weight excluding hydrogens is 254 g/mol. The van der Waals surface area contributed by atoms with Crippen LogP contribution in [-0.4, -0.2) is 32.6 Å². The van der Waals surface area contributed by atoms with Crippen molar-refractivity contribution in [2.75, 3.05) is 11.9 Å². The molecule has 0 unspecified atom stereocenters. The molecule has 2 heterocycles. The van der Waals surface area contributed by atoms with Crippen molar-refractivity contribution >= 4 is 11.7 Å². The van der Waals surface area contributed by atoms with Crippen molar-refractivity contribution in [1.29, 1.82) is 0 Å². The van der Waals surface area contributed by atoms with Gasteiger partial charge in [0, 0.05) is 38.1 Å². The minimum atomic E-state index is -0.0130. The van der Waals surface area contributed by atoms with E-state index in [0.717, 1.165) is 12.1 Å². The fourth-order valence-electron chi connectivity index (χ4n) is 1.99. The van der Waals surface area contributed by atoms with Crippen molar-refractivity contribution < 1.29 is 4.79 Å². The molecule has 2 rings (SSSR count). The SMILES string of the molecule is CCn1cc(CN(C)c2ncc(C(C)=O)c(C)n2)cn1. The summed E-state index contributed by atoms with van der Waals surface area (Å²) in [5, 5.41) is 4.24. The van der Waals surface area contributed by atoms with Gasteiger partial charge in [-0.2, -0.15) is 5.10 Å². The van der Waals surface area contributed by atoms with Crippen molar-refractivity contribution in [2.45, 2.75) is 33.9 Å². The number of nitrogens with zero attached hydrogens (tertiary/aromatic N) is 5. The molecule has 2 aromatic heterocycles. The van der Waals surface area contributed by atoms with Gasteiger partial charge in [-0.3, -0.25) is 9.48 Å². The molecule has 0 aliphatic heterocycles. The second-order valence-electron chi connectivity index (χ2n) is 4.79. The minimum Gasteiger partial charge on any atom is -0.339 e. The zero-order chi connectivity index (χ0) is 14.7. The van der Waals surface area contributed by atoms with Crippen LogP contribution < -0.4 is 4.90 Å². The lowest BCUT2D eigenvalue weighted by atomic mass is 10.2. The van der Waals surface area contributed by atoms with Gasteiger partial charge in [-0.15, -0.1) is 0 Å². The van der Waals surface area contributed by atoms with Crippen LogP contribution in [0.1, 0.15) is 35.5 Å². The van der Waals surface area contributed by atoms with Crippen LogP contribution >= 0.6 is 0 Å². The highest BCUT2D eigenvalue weighted by Gasteiger charge is 2.11. The van der Waals surface area contributed by atoms with Gasteiger partial charge in [-0.25, -0.2) is 9.97 Å². The molecule has 0 spiro atoms. The normalized spacial score (nSPS) is 10.6. The number of hydrogen-bond donors (Lipinski definition) is 0. The number of carbonyl (C=O) groups excluding carboxylic acids is 1. The maximum Gasteiger partial charge on any atom is 0.225 e. The highest BCUT2D eigenvalue weighted by Crippen LogP contribution is 2.13. The third kappa shape index (κ3) is 3.01. The fourth-order valence-corrected chi connectivity index (χ4v) is 1.99. The second kappa shape index (κ2) is 5.81. The number of hydrogen-bond acceptors (Lipinski definition) is 5. The Morgan fingerprint density at radius 3 is 2.70 bits per heavy atom. The molecule has 0 saturated heterocycles. The Morgan fingerprint density at radius 2 is 2.15 bits per heavy atom. The number of aryl methyl sites for hydroxylation is 2. The van der Waals surface area contributed by atoms with E-state index in [1.54, 1.807) is 6.20 Å². The molecule has 0 fully saturated rings. The third-order valence-electron chi connectivity index (χ3n) is 3.12. The lowest BCUT2D eigenvalue weighted by Gasteiger charge is -2.16. The Kier molecular flexibility index (Phi) is 4.12. The third-order valence-corrected chi connectivity index (χ3v) is 3.12. The molecule has 106 valence electrons. The fraction of sp³-hybridized carbons (Fsp3) is 0.429. The van der Waals surface area contributed by atoms with E-state index in [4.69, 9.17) is 0 Å². The molecule has 0 radical (unpaired) electrons. The number of anilines is 1. The first-order valence-corrected chi connectivity index (χ1v) is 6.58. The Morgan fingerprint density at radius 1 is 1.40 bits per heavy atom. The first-order chi connectivity index (χ1) is 9.51. The molecular formula is C14H19N5O. The summed E-state index contributed by atoms with van der Waals surface area (Å²) in [6, 6.07) is 0. The van der Waals surface area contributed by atoms with E-state index < -0.39 is 0 Å². The molecule has 0 bridgehead atoms. The molecule has 0 aliphatic rings. The number of aromatic nitrogens is 4. The van der Waals surface area contributed by atoms with Gasteiger partial charge >= 0.3 is 0 Å². The number of carbonyl (C=O) groups is 1. The van der Waals surface area contributed by atoms with Gasteiger partial charge in [0.25, 0.3) is 0 Å². The number of Topliss-reactive ketones (excluding diaryl/α,β-unsaturated/α-hetero) is 1. The molecule has 0 saturated carbocycles. The van der Waals surface area contributed by atoms with Crippen molar-refractivity contribution in [1.82, 2.24) is 19.7 Å². The first kappa shape index (κ1) is 14.2. The lowest BCUT2D eigenvalue weighted by molar-refractivity contribution is 0.101. The van der Waals surface area contributed by atoms with Crippen LogP contribution in [0.2, 0.25) is 0 Å². The quantitative estimate of drug-likeness (QED) is 0.778. The second-order valence-corrected chi connectivity index (χ2v) is 4.79. The summed E-state index contributed by atoms with van der Waals surface area (Å²) < 4.78 is 1.88. The molecule has 0 atom stereocenters. The molecule has 0 aromatic carbocycles. The highest BCUT2D eigenvalue weighted by atomic mass is 16.1. The Bertz CT molecular complexity index is 620. The van der Waals surface area contributed by atoms with Crippen molar-refractivity contribution in [3.63, 3.8) is 0 Å². The van der Waals surface area contributed by atoms with Crippen molar-refractivity contribution in [3.05, 3.63) is 35.4 Å². The van der Waals surface area contributed by atoms with E-state index in [2.05, 4.69) is 15.1 Å². The van der Waals surface area contributed by atoms with Gasteiger partial charge in [0.05, 0.1) is 17.5 Å². The summed E-state index contributed by atoms with van der Waals surface area (Å²) >= 11 is 0. The van der Waals surface area contributed by atoms with Crippen molar-refractivity contribution in [3.8, 4) is 0 Å². The van der Waals surface area contributed by atoms with Crippen LogP contribution in [0.5, 0.6) is 0 Å². The van der Waals surface area contributed by atoms with E-state index in [1.165, 1.54) is 6.92 Å². The zero-order valence-corrected chi connectivity index (χ0v) is 12.3. The average molecular weight is 273 g/mol. The Balaban J connectivity index is 2.14. The predicted octanol–water partition coefficient (Wildman–Crippen LogP) is 1.84. The average Bonchev–Trinajstić information content (AvgIpc) is 2.85. The topological polar surface area (TPSA) is 63.9 Å². The monoisotopic (exact) mass is 273 g/mol. The van der Waals surface area contributed by atoms with E-state index in [9.17, 15) is 4.79 Å². The molecule has 0 aliphatic carbocycles. The molecule has 0 amide bonds. The molecule has 6 heteroatoms. The molecule has 20 heavy (non-hydrogen) atoms. The van der Waals surface area contributed by atoms with E-state index in [0.29, 0.717) is 23.8 Å². The standard InChI is InChI=1S/C14H19N5O/c1-5-19-9-12(6-16-19)8-18(4)14-15-7-13(11(3)20)10(2)17-14/h6-7,9H,5,8H2,1-4H3. The summed E-state index contributed by atoms with van der Waals surface area (Å²) in [6.45, 7) is 6.93. The summed E-state index contributed by atoms with van der Waals surface area (Å²) in [5.41, 5.74) is 2.38. The maximum atomic E-state index is 11.4. The van der Waals surface area contributed by atoms with Gasteiger partial charge in [0.2, 0.25) is 5.95 Å². The van der Waals surface area contributed by atoms with Crippen LogP contribution in [0.15, 0.2) is 18.6 Å². The minimum absolute atomic E-state index is 0.0130. The van der Waals surface area contributed by atoms with Crippen LogP contribution in [0.4, 0.5) is 5.95 Å².